The van der Waals surface area contributed by atoms with Crippen LogP contribution in [0.15, 0.2) is 29.7 Å². The first-order valence-corrected chi connectivity index (χ1v) is 4.74. The maximum Gasteiger partial charge on any atom is 0.0422 e. The van der Waals surface area contributed by atoms with E-state index in [1.165, 1.54) is 10.1 Å². The predicted molar refractivity (Wildman–Crippen MR) is 56.5 cm³/mol. The summed E-state index contributed by atoms with van der Waals surface area (Å²) in [5.74, 6) is 0. The Kier molecular flexibility index (Phi) is 3.09. The first kappa shape index (κ1) is 9.05. The summed E-state index contributed by atoms with van der Waals surface area (Å²) in [7, 11) is 0. The Morgan fingerprint density at radius 2 is 2.42 bits per heavy atom. The molecule has 0 amide bonds. The quantitative estimate of drug-likeness (QED) is 0.614. The highest BCUT2D eigenvalue weighted by atomic mass is 32.1. The second-order valence-corrected chi connectivity index (χ2v) is 3.50. The summed E-state index contributed by atoms with van der Waals surface area (Å²) in [6, 6.07) is 2.03. The van der Waals surface area contributed by atoms with E-state index in [4.69, 9.17) is 0 Å². The van der Waals surface area contributed by atoms with Crippen LogP contribution in [-0.4, -0.2) is 0 Å². The summed E-state index contributed by atoms with van der Waals surface area (Å²) < 4.78 is 1.24. The molecule has 0 aliphatic rings. The van der Waals surface area contributed by atoms with Crippen LogP contribution in [0.25, 0.3) is 11.8 Å². The molecule has 0 N–H and O–H groups in total. The fourth-order valence-electron chi connectivity index (χ4n) is 0.869. The molecule has 1 heterocycles. The van der Waals surface area contributed by atoms with Crippen molar-refractivity contribution in [2.75, 3.05) is 0 Å². The minimum absolute atomic E-state index is 1.10. The molecule has 0 saturated heterocycles. The summed E-state index contributed by atoms with van der Waals surface area (Å²) in [5, 5.41) is 3.16. The lowest BCUT2D eigenvalue weighted by molar-refractivity contribution is 1.52. The summed E-state index contributed by atoms with van der Waals surface area (Å²) >= 11 is 1.72. The number of rotatable bonds is 1. The number of allylic oxidation sites excluding steroid dienone is 2. The molecule has 1 heteroatoms. The fraction of sp³-hybridized carbons (Fsp3) is 0.182. The molecule has 0 spiro atoms. The van der Waals surface area contributed by atoms with Crippen molar-refractivity contribution in [3.63, 3.8) is 0 Å². The van der Waals surface area contributed by atoms with Crippen LogP contribution in [0, 0.1) is 0 Å². The van der Waals surface area contributed by atoms with Gasteiger partial charge >= 0.3 is 0 Å². The topological polar surface area (TPSA) is 0 Å². The van der Waals surface area contributed by atoms with Crippen molar-refractivity contribution in [2.24, 2.45) is 0 Å². The second kappa shape index (κ2) is 4.10. The van der Waals surface area contributed by atoms with Gasteiger partial charge in [-0.25, -0.2) is 0 Å². The zero-order valence-corrected chi connectivity index (χ0v) is 8.24. The third kappa shape index (κ3) is 1.97. The largest absolute Gasteiger partial charge is 0.143 e. The molecule has 0 bridgehead atoms. The molecule has 0 atom stereocenters. The normalized spacial score (nSPS) is 13.2. The first-order chi connectivity index (χ1) is 5.77. The third-order valence-corrected chi connectivity index (χ3v) is 2.56. The van der Waals surface area contributed by atoms with E-state index in [1.54, 1.807) is 11.3 Å². The van der Waals surface area contributed by atoms with Crippen LogP contribution in [0.1, 0.15) is 13.8 Å². The smallest absolute Gasteiger partial charge is 0.0422 e. The first-order valence-electron chi connectivity index (χ1n) is 3.86. The Bertz CT molecular complexity index is 414. The molecule has 0 nitrogen and oxygen atoms in total. The van der Waals surface area contributed by atoms with E-state index in [0.29, 0.717) is 0 Å². The van der Waals surface area contributed by atoms with Crippen molar-refractivity contribution in [1.82, 2.24) is 0 Å². The van der Waals surface area contributed by atoms with E-state index >= 15 is 0 Å². The van der Waals surface area contributed by atoms with Gasteiger partial charge in [0.15, 0.2) is 0 Å². The molecular weight excluding hydrogens is 164 g/mol. The third-order valence-electron chi connectivity index (χ3n) is 1.70. The fourth-order valence-corrected chi connectivity index (χ4v) is 1.74. The SMILES string of the molecule is C=C=c1ccs/c1=C/C(C)=C\C. The average Bonchev–Trinajstić information content (AvgIpc) is 2.51. The van der Waals surface area contributed by atoms with E-state index in [2.05, 4.69) is 36.8 Å². The predicted octanol–water partition coefficient (Wildman–Crippen LogP) is 2.06. The Morgan fingerprint density at radius 1 is 1.67 bits per heavy atom. The van der Waals surface area contributed by atoms with Gasteiger partial charge in [-0.1, -0.05) is 18.2 Å². The molecule has 0 radical (unpaired) electrons. The molecule has 0 aromatic carbocycles. The van der Waals surface area contributed by atoms with E-state index < -0.39 is 0 Å². The van der Waals surface area contributed by atoms with E-state index in [9.17, 15) is 0 Å². The lowest BCUT2D eigenvalue weighted by atomic mass is 10.2. The zero-order valence-electron chi connectivity index (χ0n) is 7.42. The highest BCUT2D eigenvalue weighted by Gasteiger charge is 1.85. The lowest BCUT2D eigenvalue weighted by Crippen LogP contribution is -2.15. The lowest BCUT2D eigenvalue weighted by Gasteiger charge is -1.84. The highest BCUT2D eigenvalue weighted by molar-refractivity contribution is 7.07. The Morgan fingerprint density at radius 3 is 3.00 bits per heavy atom. The minimum atomic E-state index is 1.10. The zero-order chi connectivity index (χ0) is 8.97. The maximum absolute atomic E-state index is 3.64. The summed E-state index contributed by atoms with van der Waals surface area (Å²) in [5.41, 5.74) is 4.18. The van der Waals surface area contributed by atoms with Gasteiger partial charge in [0.1, 0.15) is 0 Å². The summed E-state index contributed by atoms with van der Waals surface area (Å²) in [6.07, 6.45) is 4.24. The van der Waals surface area contributed by atoms with E-state index in [-0.39, 0.29) is 0 Å². The van der Waals surface area contributed by atoms with Gasteiger partial charge in [-0.2, -0.15) is 0 Å². The van der Waals surface area contributed by atoms with Gasteiger partial charge in [0.25, 0.3) is 0 Å². The number of hydrogen-bond acceptors (Lipinski definition) is 1. The van der Waals surface area contributed by atoms with Gasteiger partial charge in [-0.3, -0.25) is 0 Å². The van der Waals surface area contributed by atoms with Crippen molar-refractivity contribution < 1.29 is 0 Å². The minimum Gasteiger partial charge on any atom is -0.143 e. The van der Waals surface area contributed by atoms with Crippen LogP contribution < -0.4 is 9.75 Å². The van der Waals surface area contributed by atoms with Crippen LogP contribution >= 0.6 is 11.3 Å². The van der Waals surface area contributed by atoms with E-state index in [0.717, 1.165) is 5.22 Å². The molecule has 0 unspecified atom stereocenters. The molecule has 12 heavy (non-hydrogen) atoms. The standard InChI is InChI=1S/C11H12S/c1-4-9(3)8-11-10(5-2)6-7-12-11/h4,6-8H,2H2,1,3H3/b9-4-,11-8+. The second-order valence-electron chi connectivity index (χ2n) is 2.55. The van der Waals surface area contributed by atoms with Crippen molar-refractivity contribution in [3.8, 4) is 0 Å². The molecule has 1 rings (SSSR count). The monoisotopic (exact) mass is 176 g/mol. The van der Waals surface area contributed by atoms with Gasteiger partial charge in [-0.15, -0.1) is 17.1 Å². The Labute approximate surface area is 76.9 Å². The van der Waals surface area contributed by atoms with Gasteiger partial charge in [0.05, 0.1) is 0 Å². The van der Waals surface area contributed by atoms with Gasteiger partial charge in [0.2, 0.25) is 0 Å². The van der Waals surface area contributed by atoms with Crippen LogP contribution in [0.3, 0.4) is 0 Å². The van der Waals surface area contributed by atoms with Crippen molar-refractivity contribution in [1.29, 1.82) is 0 Å². The summed E-state index contributed by atoms with van der Waals surface area (Å²) in [6.45, 7) is 7.77. The van der Waals surface area contributed by atoms with Gasteiger partial charge in [0, 0.05) is 9.75 Å². The van der Waals surface area contributed by atoms with Gasteiger partial charge < -0.3 is 0 Å². The van der Waals surface area contributed by atoms with Crippen LogP contribution in [0.5, 0.6) is 0 Å². The van der Waals surface area contributed by atoms with E-state index in [1.807, 2.05) is 13.0 Å². The molecule has 1 aromatic rings. The molecule has 0 fully saturated rings. The highest BCUT2D eigenvalue weighted by Crippen LogP contribution is 1.92. The molecule has 1 aromatic heterocycles. The number of hydrogen-bond donors (Lipinski definition) is 0. The van der Waals surface area contributed by atoms with Crippen LogP contribution in [0.2, 0.25) is 0 Å². The van der Waals surface area contributed by atoms with Crippen LogP contribution in [-0.2, 0) is 0 Å². The van der Waals surface area contributed by atoms with Crippen molar-refractivity contribution >= 4 is 23.1 Å². The average molecular weight is 176 g/mol. The molecule has 0 aliphatic heterocycles. The van der Waals surface area contributed by atoms with Gasteiger partial charge in [-0.05, 0) is 31.4 Å². The molecule has 0 saturated carbocycles. The Hall–Kier alpha value is -1.04. The Balaban J connectivity index is 3.38. The maximum atomic E-state index is 3.64. The van der Waals surface area contributed by atoms with Crippen molar-refractivity contribution in [2.45, 2.75) is 13.8 Å². The molecule has 0 aliphatic carbocycles. The number of thiophene rings is 1. The van der Waals surface area contributed by atoms with Crippen molar-refractivity contribution in [3.05, 3.63) is 39.4 Å². The molecule has 62 valence electrons. The summed E-state index contributed by atoms with van der Waals surface area (Å²) in [4.78, 5) is 0. The van der Waals surface area contributed by atoms with Crippen LogP contribution in [0.4, 0.5) is 0 Å². The molecular formula is C11H12S.